The van der Waals surface area contributed by atoms with Gasteiger partial charge in [0.2, 0.25) is 0 Å². The Labute approximate surface area is 88.3 Å². The second kappa shape index (κ2) is 3.09. The minimum Gasteiger partial charge on any atom is -0.336 e. The largest absolute Gasteiger partial charge is 0.336 e. The zero-order valence-electron chi connectivity index (χ0n) is 7.74. The van der Waals surface area contributed by atoms with Gasteiger partial charge in [0, 0.05) is 0 Å². The second-order valence-electron chi connectivity index (χ2n) is 3.09. The van der Waals surface area contributed by atoms with Gasteiger partial charge in [0.15, 0.2) is 5.65 Å². The van der Waals surface area contributed by atoms with Crippen molar-refractivity contribution in [2.24, 2.45) is 0 Å². The van der Waals surface area contributed by atoms with Crippen LogP contribution in [-0.4, -0.2) is 14.6 Å². The summed E-state index contributed by atoms with van der Waals surface area (Å²) in [5.74, 6) is 5.44. The number of nitrogens with two attached hydrogens (primary N) is 1. The maximum absolute atomic E-state index is 11.2. The molecule has 0 spiro atoms. The molecule has 78 valence electrons. The molecule has 6 nitrogen and oxygen atoms in total. The predicted molar refractivity (Wildman–Crippen MR) is 56.5 cm³/mol. The molecule has 2 heterocycles. The third-order valence-corrected chi connectivity index (χ3v) is 2.42. The molecule has 2 rings (SSSR count). The van der Waals surface area contributed by atoms with Gasteiger partial charge in [-0.3, -0.25) is 9.59 Å². The topological polar surface area (TPSA) is 93.8 Å². The molecule has 0 unspecified atom stereocenters. The average Bonchev–Trinajstić information content (AvgIpc) is 2.19. The SMILES string of the molecule is Cc1cc2c(nc1Cl)[nH]c(=O)c(=O)n2N. The van der Waals surface area contributed by atoms with Crippen molar-refractivity contribution in [3.63, 3.8) is 0 Å². The van der Waals surface area contributed by atoms with Gasteiger partial charge >= 0.3 is 11.1 Å². The number of hydrogen-bond acceptors (Lipinski definition) is 4. The Bertz CT molecular complexity index is 658. The van der Waals surface area contributed by atoms with E-state index in [4.69, 9.17) is 17.4 Å². The van der Waals surface area contributed by atoms with Crippen LogP contribution >= 0.6 is 11.6 Å². The summed E-state index contributed by atoms with van der Waals surface area (Å²) in [5.41, 5.74) is -0.447. The van der Waals surface area contributed by atoms with Crippen molar-refractivity contribution >= 4 is 22.8 Å². The highest BCUT2D eigenvalue weighted by atomic mass is 35.5. The van der Waals surface area contributed by atoms with E-state index in [1.54, 1.807) is 13.0 Å². The minimum absolute atomic E-state index is 0.192. The molecule has 0 aromatic carbocycles. The van der Waals surface area contributed by atoms with E-state index >= 15 is 0 Å². The molecule has 0 aliphatic heterocycles. The Morgan fingerprint density at radius 1 is 1.53 bits per heavy atom. The molecule has 0 radical (unpaired) electrons. The first kappa shape index (κ1) is 9.72. The number of nitrogens with one attached hydrogen (secondary N) is 1. The first-order chi connectivity index (χ1) is 7.00. The molecule has 0 aliphatic rings. The minimum atomic E-state index is -0.828. The second-order valence-corrected chi connectivity index (χ2v) is 3.45. The summed E-state index contributed by atoms with van der Waals surface area (Å²) in [6.45, 7) is 1.73. The molecule has 0 saturated heterocycles. The van der Waals surface area contributed by atoms with Crippen LogP contribution in [0.5, 0.6) is 0 Å². The van der Waals surface area contributed by atoms with Crippen molar-refractivity contribution in [2.75, 3.05) is 5.84 Å². The van der Waals surface area contributed by atoms with E-state index in [0.29, 0.717) is 11.1 Å². The van der Waals surface area contributed by atoms with Gasteiger partial charge in [-0.1, -0.05) is 11.6 Å². The average molecular weight is 227 g/mol. The van der Waals surface area contributed by atoms with E-state index in [-0.39, 0.29) is 10.8 Å². The number of nitrogens with zero attached hydrogens (tertiary/aromatic N) is 2. The summed E-state index contributed by atoms with van der Waals surface area (Å²) in [7, 11) is 0. The fraction of sp³-hybridized carbons (Fsp3) is 0.125. The van der Waals surface area contributed by atoms with Crippen LogP contribution in [0.25, 0.3) is 11.2 Å². The first-order valence-electron chi connectivity index (χ1n) is 4.08. The van der Waals surface area contributed by atoms with E-state index in [1.165, 1.54) is 0 Å². The van der Waals surface area contributed by atoms with Crippen LogP contribution in [0.1, 0.15) is 5.56 Å². The Morgan fingerprint density at radius 3 is 2.87 bits per heavy atom. The van der Waals surface area contributed by atoms with E-state index < -0.39 is 11.1 Å². The number of pyridine rings is 1. The van der Waals surface area contributed by atoms with Crippen LogP contribution < -0.4 is 17.0 Å². The molecular weight excluding hydrogens is 220 g/mol. The van der Waals surface area contributed by atoms with E-state index in [9.17, 15) is 9.59 Å². The molecular formula is C8H7ClN4O2. The standard InChI is InChI=1S/C8H7ClN4O2/c1-3-2-4-6(11-5(3)9)12-7(14)8(15)13(4)10/h2H,10H2,1H3,(H,11,12,14). The van der Waals surface area contributed by atoms with Gasteiger partial charge in [-0.05, 0) is 18.6 Å². The summed E-state index contributed by atoms with van der Waals surface area (Å²) >= 11 is 5.77. The summed E-state index contributed by atoms with van der Waals surface area (Å²) in [4.78, 5) is 28.5. The molecule has 0 fully saturated rings. The van der Waals surface area contributed by atoms with Crippen LogP contribution in [0.4, 0.5) is 0 Å². The molecule has 0 atom stereocenters. The smallest absolute Gasteiger partial charge is 0.334 e. The lowest BCUT2D eigenvalue weighted by Crippen LogP contribution is -2.40. The maximum Gasteiger partial charge on any atom is 0.334 e. The van der Waals surface area contributed by atoms with Crippen molar-refractivity contribution in [3.05, 3.63) is 37.5 Å². The highest BCUT2D eigenvalue weighted by molar-refractivity contribution is 6.30. The van der Waals surface area contributed by atoms with Crippen molar-refractivity contribution in [1.82, 2.24) is 14.6 Å². The number of halogens is 1. The maximum atomic E-state index is 11.2. The van der Waals surface area contributed by atoms with Gasteiger partial charge in [0.1, 0.15) is 10.7 Å². The fourth-order valence-electron chi connectivity index (χ4n) is 1.23. The molecule has 0 bridgehead atoms. The quantitative estimate of drug-likeness (QED) is 0.368. The van der Waals surface area contributed by atoms with Gasteiger partial charge in [-0.2, -0.15) is 0 Å². The van der Waals surface area contributed by atoms with E-state index in [1.807, 2.05) is 0 Å². The van der Waals surface area contributed by atoms with Gasteiger partial charge in [0.05, 0.1) is 0 Å². The van der Waals surface area contributed by atoms with Crippen molar-refractivity contribution < 1.29 is 0 Å². The number of nitrogen functional groups attached to an aromatic ring is 1. The molecule has 0 saturated carbocycles. The zero-order chi connectivity index (χ0) is 11.2. The highest BCUT2D eigenvalue weighted by Gasteiger charge is 2.08. The van der Waals surface area contributed by atoms with Gasteiger partial charge in [0.25, 0.3) is 0 Å². The Kier molecular flexibility index (Phi) is 2.01. The lowest BCUT2D eigenvalue weighted by Gasteiger charge is -2.04. The van der Waals surface area contributed by atoms with Gasteiger partial charge in [-0.25, -0.2) is 9.66 Å². The lowest BCUT2D eigenvalue weighted by atomic mass is 10.3. The lowest BCUT2D eigenvalue weighted by molar-refractivity contribution is 0.932. The fourth-order valence-corrected chi connectivity index (χ4v) is 1.37. The zero-order valence-corrected chi connectivity index (χ0v) is 8.50. The third kappa shape index (κ3) is 1.39. The number of aryl methyl sites for hydroxylation is 1. The van der Waals surface area contributed by atoms with E-state index in [0.717, 1.165) is 4.68 Å². The molecule has 15 heavy (non-hydrogen) atoms. The van der Waals surface area contributed by atoms with Crippen LogP contribution in [0.3, 0.4) is 0 Å². The van der Waals surface area contributed by atoms with Crippen molar-refractivity contribution in [1.29, 1.82) is 0 Å². The molecule has 7 heteroatoms. The Balaban J connectivity index is 3.06. The Morgan fingerprint density at radius 2 is 2.20 bits per heavy atom. The normalized spacial score (nSPS) is 10.8. The van der Waals surface area contributed by atoms with Crippen LogP contribution in [0.2, 0.25) is 5.15 Å². The van der Waals surface area contributed by atoms with Crippen molar-refractivity contribution in [2.45, 2.75) is 6.92 Å². The summed E-state index contributed by atoms with van der Waals surface area (Å²) in [6.07, 6.45) is 0. The number of aromatic amines is 1. The molecule has 2 aromatic rings. The Hall–Kier alpha value is -1.82. The third-order valence-electron chi connectivity index (χ3n) is 2.04. The summed E-state index contributed by atoms with van der Waals surface area (Å²) in [5, 5.41) is 0.261. The molecule has 2 aromatic heterocycles. The van der Waals surface area contributed by atoms with Gasteiger partial charge in [-0.15, -0.1) is 0 Å². The highest BCUT2D eigenvalue weighted by Crippen LogP contribution is 2.15. The van der Waals surface area contributed by atoms with Crippen LogP contribution in [-0.2, 0) is 0 Å². The molecule has 0 aliphatic carbocycles. The summed E-state index contributed by atoms with van der Waals surface area (Å²) in [6, 6.07) is 1.59. The first-order valence-corrected chi connectivity index (χ1v) is 4.46. The number of rotatable bonds is 0. The predicted octanol–water partition coefficient (Wildman–Crippen LogP) is -0.240. The monoisotopic (exact) mass is 226 g/mol. The molecule has 3 N–H and O–H groups in total. The number of aromatic nitrogens is 3. The summed E-state index contributed by atoms with van der Waals surface area (Å²) < 4.78 is 0.754. The van der Waals surface area contributed by atoms with Gasteiger partial charge < -0.3 is 10.8 Å². The van der Waals surface area contributed by atoms with Crippen LogP contribution in [0, 0.1) is 6.92 Å². The molecule has 0 amide bonds. The van der Waals surface area contributed by atoms with E-state index in [2.05, 4.69) is 9.97 Å². The van der Waals surface area contributed by atoms with Crippen molar-refractivity contribution in [3.8, 4) is 0 Å². The number of fused-ring (bicyclic) bond motifs is 1. The number of hydrogen-bond donors (Lipinski definition) is 2. The number of H-pyrrole nitrogens is 1. The van der Waals surface area contributed by atoms with Crippen LogP contribution in [0.15, 0.2) is 15.7 Å².